The lowest BCUT2D eigenvalue weighted by molar-refractivity contribution is 0.163. The molecule has 3 heterocycles. The molecule has 1 aromatic carbocycles. The molecule has 0 amide bonds. The molecule has 1 fully saturated rings. The van der Waals surface area contributed by atoms with E-state index in [1.807, 2.05) is 29.8 Å². The SMILES string of the molecule is COc1ccc(Cl)cc1-c1nc(=S)n(CN2CCCC2c2cc(C)no2)[nH]1. The van der Waals surface area contributed by atoms with Crippen LogP contribution in [-0.4, -0.2) is 38.5 Å². The molecule has 0 spiro atoms. The third-order valence-electron chi connectivity index (χ3n) is 4.76. The Morgan fingerprint density at radius 3 is 3.00 bits per heavy atom. The second-order valence-corrected chi connectivity index (χ2v) is 7.41. The maximum absolute atomic E-state index is 6.14. The van der Waals surface area contributed by atoms with Gasteiger partial charge in [-0.1, -0.05) is 16.8 Å². The summed E-state index contributed by atoms with van der Waals surface area (Å²) in [5.74, 6) is 2.21. The van der Waals surface area contributed by atoms with Crippen molar-refractivity contribution in [3.63, 3.8) is 0 Å². The summed E-state index contributed by atoms with van der Waals surface area (Å²) in [6.45, 7) is 3.49. The van der Waals surface area contributed by atoms with Crippen LogP contribution in [0, 0.1) is 11.7 Å². The highest BCUT2D eigenvalue weighted by Gasteiger charge is 2.29. The van der Waals surface area contributed by atoms with Crippen molar-refractivity contribution in [3.8, 4) is 17.1 Å². The zero-order valence-corrected chi connectivity index (χ0v) is 16.7. The monoisotopic (exact) mass is 405 g/mol. The lowest BCUT2D eigenvalue weighted by Gasteiger charge is -2.22. The fourth-order valence-corrected chi connectivity index (χ4v) is 3.84. The van der Waals surface area contributed by atoms with E-state index in [-0.39, 0.29) is 6.04 Å². The molecule has 142 valence electrons. The van der Waals surface area contributed by atoms with Crippen LogP contribution in [0.1, 0.15) is 30.3 Å². The van der Waals surface area contributed by atoms with Crippen molar-refractivity contribution in [2.24, 2.45) is 0 Å². The first kappa shape index (κ1) is 18.2. The van der Waals surface area contributed by atoms with Crippen LogP contribution in [0.2, 0.25) is 5.02 Å². The topological polar surface area (TPSA) is 72.1 Å². The summed E-state index contributed by atoms with van der Waals surface area (Å²) in [4.78, 5) is 6.81. The number of H-pyrrole nitrogens is 1. The Balaban J connectivity index is 1.61. The number of methoxy groups -OCH3 is 1. The van der Waals surface area contributed by atoms with Crippen LogP contribution in [0.25, 0.3) is 11.4 Å². The Kier molecular flexibility index (Phi) is 5.03. The predicted molar refractivity (Wildman–Crippen MR) is 104 cm³/mol. The Labute approximate surface area is 166 Å². The molecule has 1 aliphatic rings. The third kappa shape index (κ3) is 3.65. The number of aromatic nitrogens is 4. The molecule has 0 saturated carbocycles. The van der Waals surface area contributed by atoms with E-state index in [4.69, 9.17) is 33.1 Å². The Morgan fingerprint density at radius 2 is 2.26 bits per heavy atom. The normalized spacial score (nSPS) is 17.5. The first-order valence-corrected chi connectivity index (χ1v) is 9.52. The fraction of sp³-hybridized carbons (Fsp3) is 0.389. The molecule has 3 aromatic rings. The molecule has 0 aliphatic carbocycles. The number of nitrogens with one attached hydrogen (secondary N) is 1. The van der Waals surface area contributed by atoms with Crippen LogP contribution in [-0.2, 0) is 6.67 Å². The molecule has 4 rings (SSSR count). The summed E-state index contributed by atoms with van der Waals surface area (Å²) in [7, 11) is 1.62. The molecule has 2 aromatic heterocycles. The van der Waals surface area contributed by atoms with Gasteiger partial charge in [0.1, 0.15) is 5.75 Å². The van der Waals surface area contributed by atoms with Gasteiger partial charge in [0.25, 0.3) is 0 Å². The zero-order chi connectivity index (χ0) is 19.0. The van der Waals surface area contributed by atoms with Crippen LogP contribution in [0.4, 0.5) is 0 Å². The van der Waals surface area contributed by atoms with Crippen molar-refractivity contribution < 1.29 is 9.26 Å². The standard InChI is InChI=1S/C18H20ClN5O2S/c1-11-8-16(26-22-11)14-4-3-7-23(14)10-24-18(27)20-17(21-24)13-9-12(19)5-6-15(13)25-2/h5-6,8-9,14H,3-4,7,10H2,1-2H3,(H,20,21,27). The molecular weight excluding hydrogens is 386 g/mol. The average molecular weight is 406 g/mol. The lowest BCUT2D eigenvalue weighted by atomic mass is 10.1. The minimum Gasteiger partial charge on any atom is -0.496 e. The van der Waals surface area contributed by atoms with E-state index in [1.165, 1.54) is 0 Å². The summed E-state index contributed by atoms with van der Waals surface area (Å²) in [5.41, 5.74) is 1.67. The number of hydrogen-bond donors (Lipinski definition) is 1. The van der Waals surface area contributed by atoms with Gasteiger partial charge < -0.3 is 9.26 Å². The molecule has 0 radical (unpaired) electrons. The number of nitrogens with zero attached hydrogens (tertiary/aromatic N) is 4. The maximum atomic E-state index is 6.14. The summed E-state index contributed by atoms with van der Waals surface area (Å²) in [5, 5.41) is 7.91. The number of aryl methyl sites for hydroxylation is 1. The number of likely N-dealkylation sites (tertiary alicyclic amines) is 1. The van der Waals surface area contributed by atoms with Gasteiger partial charge in [-0.05, 0) is 50.2 Å². The molecule has 0 bridgehead atoms. The van der Waals surface area contributed by atoms with Crippen LogP contribution < -0.4 is 4.74 Å². The van der Waals surface area contributed by atoms with Gasteiger partial charge in [0.2, 0.25) is 4.77 Å². The number of rotatable bonds is 5. The zero-order valence-electron chi connectivity index (χ0n) is 15.1. The lowest BCUT2D eigenvalue weighted by Crippen LogP contribution is -2.26. The van der Waals surface area contributed by atoms with Gasteiger partial charge in [0.05, 0.1) is 31.1 Å². The fourth-order valence-electron chi connectivity index (χ4n) is 3.48. The highest BCUT2D eigenvalue weighted by atomic mass is 35.5. The quantitative estimate of drug-likeness (QED) is 0.636. The number of hydrogen-bond acceptors (Lipinski definition) is 6. The van der Waals surface area contributed by atoms with E-state index in [1.54, 1.807) is 13.2 Å². The highest BCUT2D eigenvalue weighted by molar-refractivity contribution is 7.71. The minimum absolute atomic E-state index is 0.195. The highest BCUT2D eigenvalue weighted by Crippen LogP contribution is 2.33. The first-order chi connectivity index (χ1) is 13.0. The van der Waals surface area contributed by atoms with Gasteiger partial charge in [-0.15, -0.1) is 0 Å². The van der Waals surface area contributed by atoms with Gasteiger partial charge in [0.15, 0.2) is 11.6 Å². The van der Waals surface area contributed by atoms with Crippen molar-refractivity contribution in [2.75, 3.05) is 13.7 Å². The molecule has 1 N–H and O–H groups in total. The van der Waals surface area contributed by atoms with E-state index in [9.17, 15) is 0 Å². The van der Waals surface area contributed by atoms with Crippen molar-refractivity contribution >= 4 is 23.8 Å². The van der Waals surface area contributed by atoms with E-state index < -0.39 is 0 Å². The predicted octanol–water partition coefficient (Wildman–Crippen LogP) is 4.36. The third-order valence-corrected chi connectivity index (χ3v) is 5.30. The van der Waals surface area contributed by atoms with Crippen molar-refractivity contribution in [1.29, 1.82) is 0 Å². The molecule has 1 atom stereocenters. The van der Waals surface area contributed by atoms with Gasteiger partial charge >= 0.3 is 0 Å². The number of halogens is 1. The molecule has 1 unspecified atom stereocenters. The maximum Gasteiger partial charge on any atom is 0.217 e. The molecule has 1 saturated heterocycles. The van der Waals surface area contributed by atoms with Crippen molar-refractivity contribution in [1.82, 2.24) is 24.8 Å². The van der Waals surface area contributed by atoms with Gasteiger partial charge in [-0.2, -0.15) is 4.98 Å². The molecule has 7 nitrogen and oxygen atoms in total. The second kappa shape index (κ2) is 7.46. The smallest absolute Gasteiger partial charge is 0.217 e. The van der Waals surface area contributed by atoms with Crippen molar-refractivity contribution in [3.05, 3.63) is 45.5 Å². The molecule has 9 heteroatoms. The summed E-state index contributed by atoms with van der Waals surface area (Å²) in [6, 6.07) is 7.60. The Morgan fingerprint density at radius 1 is 1.41 bits per heavy atom. The van der Waals surface area contributed by atoms with Gasteiger partial charge in [-0.25, -0.2) is 4.68 Å². The van der Waals surface area contributed by atoms with Crippen LogP contribution in [0.5, 0.6) is 5.75 Å². The Bertz CT molecular complexity index is 1010. The van der Waals surface area contributed by atoms with Gasteiger partial charge in [-0.3, -0.25) is 10.00 Å². The summed E-state index contributed by atoms with van der Waals surface area (Å²) < 4.78 is 13.2. The number of ether oxygens (including phenoxy) is 1. The number of benzene rings is 1. The Hall–Kier alpha value is -2.16. The number of aromatic amines is 1. The van der Waals surface area contributed by atoms with Crippen LogP contribution >= 0.6 is 23.8 Å². The largest absolute Gasteiger partial charge is 0.496 e. The molecular formula is C18H20ClN5O2S. The van der Waals surface area contributed by atoms with E-state index in [0.717, 1.165) is 36.4 Å². The van der Waals surface area contributed by atoms with Crippen molar-refractivity contribution in [2.45, 2.75) is 32.5 Å². The van der Waals surface area contributed by atoms with E-state index >= 15 is 0 Å². The first-order valence-electron chi connectivity index (χ1n) is 8.73. The second-order valence-electron chi connectivity index (χ2n) is 6.61. The van der Waals surface area contributed by atoms with E-state index in [0.29, 0.717) is 28.0 Å². The van der Waals surface area contributed by atoms with Crippen LogP contribution in [0.3, 0.4) is 0 Å². The summed E-state index contributed by atoms with van der Waals surface area (Å²) >= 11 is 11.6. The average Bonchev–Trinajstić information content (AvgIpc) is 3.36. The molecule has 27 heavy (non-hydrogen) atoms. The molecule has 1 aliphatic heterocycles. The summed E-state index contributed by atoms with van der Waals surface area (Å²) in [6.07, 6.45) is 2.13. The van der Waals surface area contributed by atoms with Gasteiger partial charge in [0, 0.05) is 17.6 Å². The van der Waals surface area contributed by atoms with E-state index in [2.05, 4.69) is 20.1 Å². The minimum atomic E-state index is 0.195. The van der Waals surface area contributed by atoms with Crippen LogP contribution in [0.15, 0.2) is 28.8 Å².